The molecule has 1 heterocycles. The molecule has 0 atom stereocenters. The van der Waals surface area contributed by atoms with Crippen LogP contribution in [-0.2, 0) is 9.59 Å². The van der Waals surface area contributed by atoms with E-state index in [4.69, 9.17) is 0 Å². The highest BCUT2D eigenvalue weighted by Crippen LogP contribution is 2.26. The van der Waals surface area contributed by atoms with Crippen LogP contribution in [0, 0.1) is 0 Å². The van der Waals surface area contributed by atoms with Crippen LogP contribution in [0.3, 0.4) is 0 Å². The number of carbonyl (C=O) groups excluding carboxylic acids is 2. The molecule has 1 aromatic carbocycles. The molecule has 0 saturated heterocycles. The van der Waals surface area contributed by atoms with E-state index in [1.807, 2.05) is 18.2 Å². The Morgan fingerprint density at radius 1 is 1.17 bits per heavy atom. The molecule has 1 aliphatic rings. The van der Waals surface area contributed by atoms with Gasteiger partial charge in [-0.05, 0) is 30.4 Å². The molecule has 4 heteroatoms. The fourth-order valence-corrected chi connectivity index (χ4v) is 2.75. The lowest BCUT2D eigenvalue weighted by Crippen LogP contribution is -2.29. The summed E-state index contributed by atoms with van der Waals surface area (Å²) in [6, 6.07) is 7.56. The summed E-state index contributed by atoms with van der Waals surface area (Å²) in [5.41, 5.74) is 0.650. The van der Waals surface area contributed by atoms with Gasteiger partial charge in [0.1, 0.15) is 0 Å². The van der Waals surface area contributed by atoms with Crippen LogP contribution in [0.4, 0.5) is 5.69 Å². The van der Waals surface area contributed by atoms with E-state index in [1.54, 1.807) is 17.8 Å². The number of hydrogen-bond donors (Lipinski definition) is 0. The second kappa shape index (κ2) is 5.87. The van der Waals surface area contributed by atoms with E-state index >= 15 is 0 Å². The summed E-state index contributed by atoms with van der Waals surface area (Å²) < 4.78 is 0. The van der Waals surface area contributed by atoms with Crippen molar-refractivity contribution in [2.45, 2.75) is 24.7 Å². The maximum absolute atomic E-state index is 11.6. The van der Waals surface area contributed by atoms with Crippen LogP contribution in [0.15, 0.2) is 41.3 Å². The molecule has 0 spiro atoms. The van der Waals surface area contributed by atoms with Gasteiger partial charge in [-0.3, -0.25) is 9.59 Å². The summed E-state index contributed by atoms with van der Waals surface area (Å²) in [7, 11) is 0. The summed E-state index contributed by atoms with van der Waals surface area (Å²) in [6.07, 6.45) is 4.94. The zero-order chi connectivity index (χ0) is 13.0. The quantitative estimate of drug-likeness (QED) is 0.464. The molecule has 0 radical (unpaired) electrons. The van der Waals surface area contributed by atoms with Crippen molar-refractivity contribution in [1.82, 2.24) is 0 Å². The Hall–Kier alpha value is -1.55. The average molecular weight is 261 g/mol. The van der Waals surface area contributed by atoms with Crippen molar-refractivity contribution in [3.8, 4) is 0 Å². The molecular formula is C14H15NO2S. The SMILES string of the molecule is CCCCSc1cccc(N2C(=O)C=CC2=O)c1. The van der Waals surface area contributed by atoms with E-state index in [0.717, 1.165) is 17.1 Å². The number of anilines is 1. The Morgan fingerprint density at radius 2 is 1.89 bits per heavy atom. The molecule has 0 fully saturated rings. The number of nitrogens with zero attached hydrogens (tertiary/aromatic N) is 1. The summed E-state index contributed by atoms with van der Waals surface area (Å²) in [5, 5.41) is 0. The van der Waals surface area contributed by atoms with E-state index in [0.29, 0.717) is 5.69 Å². The van der Waals surface area contributed by atoms with Crippen LogP contribution >= 0.6 is 11.8 Å². The molecule has 1 aromatic rings. The Balaban J connectivity index is 2.12. The molecular weight excluding hydrogens is 246 g/mol. The van der Waals surface area contributed by atoms with Crippen LogP contribution in [0.25, 0.3) is 0 Å². The zero-order valence-electron chi connectivity index (χ0n) is 10.3. The molecule has 1 aliphatic heterocycles. The average Bonchev–Trinajstić information content (AvgIpc) is 2.70. The maximum Gasteiger partial charge on any atom is 0.258 e. The lowest BCUT2D eigenvalue weighted by atomic mass is 10.3. The van der Waals surface area contributed by atoms with Crippen LogP contribution in [0.2, 0.25) is 0 Å². The number of carbonyl (C=O) groups is 2. The Bertz CT molecular complexity index is 478. The third kappa shape index (κ3) is 2.82. The lowest BCUT2D eigenvalue weighted by molar-refractivity contribution is -0.119. The lowest BCUT2D eigenvalue weighted by Gasteiger charge is -2.14. The van der Waals surface area contributed by atoms with E-state index in [-0.39, 0.29) is 11.8 Å². The maximum atomic E-state index is 11.6. The highest BCUT2D eigenvalue weighted by atomic mass is 32.2. The first-order valence-electron chi connectivity index (χ1n) is 6.01. The second-order valence-electron chi connectivity index (χ2n) is 4.04. The number of rotatable bonds is 5. The number of hydrogen-bond acceptors (Lipinski definition) is 3. The molecule has 0 unspecified atom stereocenters. The standard InChI is InChI=1S/C14H15NO2S/c1-2-3-9-18-12-6-4-5-11(10-12)15-13(16)7-8-14(15)17/h4-8,10H,2-3,9H2,1H3. The molecule has 2 rings (SSSR count). The minimum absolute atomic E-state index is 0.268. The smallest absolute Gasteiger partial charge is 0.258 e. The van der Waals surface area contributed by atoms with Crippen molar-refractivity contribution in [3.63, 3.8) is 0 Å². The summed E-state index contributed by atoms with van der Waals surface area (Å²) in [4.78, 5) is 25.4. The van der Waals surface area contributed by atoms with Crippen LogP contribution in [-0.4, -0.2) is 17.6 Å². The van der Waals surface area contributed by atoms with Crippen molar-refractivity contribution in [3.05, 3.63) is 36.4 Å². The van der Waals surface area contributed by atoms with Gasteiger partial charge in [-0.2, -0.15) is 0 Å². The summed E-state index contributed by atoms with van der Waals surface area (Å²) in [5.74, 6) is 0.520. The summed E-state index contributed by atoms with van der Waals surface area (Å²) >= 11 is 1.75. The first-order chi connectivity index (χ1) is 8.72. The van der Waals surface area contributed by atoms with Gasteiger partial charge in [0, 0.05) is 17.0 Å². The Labute approximate surface area is 111 Å². The van der Waals surface area contributed by atoms with Crippen LogP contribution in [0.5, 0.6) is 0 Å². The van der Waals surface area contributed by atoms with Gasteiger partial charge >= 0.3 is 0 Å². The third-order valence-corrected chi connectivity index (χ3v) is 3.73. The number of unbranched alkanes of at least 4 members (excludes halogenated alkanes) is 1. The van der Waals surface area contributed by atoms with E-state index in [2.05, 4.69) is 6.92 Å². The predicted molar refractivity (Wildman–Crippen MR) is 73.7 cm³/mol. The normalized spacial score (nSPS) is 14.6. The van der Waals surface area contributed by atoms with Crippen molar-refractivity contribution < 1.29 is 9.59 Å². The van der Waals surface area contributed by atoms with Gasteiger partial charge in [0.15, 0.2) is 0 Å². The minimum atomic E-state index is -0.268. The van der Waals surface area contributed by atoms with Crippen molar-refractivity contribution in [2.24, 2.45) is 0 Å². The molecule has 0 saturated carbocycles. The Kier molecular flexibility index (Phi) is 4.20. The van der Waals surface area contributed by atoms with Gasteiger partial charge in [-0.1, -0.05) is 19.4 Å². The van der Waals surface area contributed by atoms with Crippen molar-refractivity contribution >= 4 is 29.3 Å². The zero-order valence-corrected chi connectivity index (χ0v) is 11.1. The number of benzene rings is 1. The number of thioether (sulfide) groups is 1. The first-order valence-corrected chi connectivity index (χ1v) is 7.00. The van der Waals surface area contributed by atoms with E-state index in [1.165, 1.54) is 23.5 Å². The molecule has 0 bridgehead atoms. The Morgan fingerprint density at radius 3 is 2.56 bits per heavy atom. The fraction of sp³-hybridized carbons (Fsp3) is 0.286. The monoisotopic (exact) mass is 261 g/mol. The molecule has 0 aliphatic carbocycles. The largest absolute Gasteiger partial charge is 0.269 e. The fourth-order valence-electron chi connectivity index (χ4n) is 1.70. The predicted octanol–water partition coefficient (Wildman–Crippen LogP) is 3.01. The molecule has 0 N–H and O–H groups in total. The van der Waals surface area contributed by atoms with E-state index in [9.17, 15) is 9.59 Å². The van der Waals surface area contributed by atoms with Gasteiger partial charge in [-0.25, -0.2) is 4.90 Å². The minimum Gasteiger partial charge on any atom is -0.269 e. The molecule has 0 aromatic heterocycles. The van der Waals surface area contributed by atoms with E-state index < -0.39 is 0 Å². The number of imide groups is 1. The topological polar surface area (TPSA) is 37.4 Å². The highest BCUT2D eigenvalue weighted by Gasteiger charge is 2.24. The van der Waals surface area contributed by atoms with Gasteiger partial charge in [0.2, 0.25) is 0 Å². The molecule has 18 heavy (non-hydrogen) atoms. The van der Waals surface area contributed by atoms with Gasteiger partial charge in [-0.15, -0.1) is 11.8 Å². The summed E-state index contributed by atoms with van der Waals surface area (Å²) in [6.45, 7) is 2.16. The van der Waals surface area contributed by atoms with Gasteiger partial charge in [0.05, 0.1) is 5.69 Å². The first kappa shape index (κ1) is 12.9. The second-order valence-corrected chi connectivity index (χ2v) is 5.21. The van der Waals surface area contributed by atoms with Crippen LogP contribution < -0.4 is 4.90 Å². The van der Waals surface area contributed by atoms with Gasteiger partial charge < -0.3 is 0 Å². The van der Waals surface area contributed by atoms with Crippen molar-refractivity contribution in [2.75, 3.05) is 10.7 Å². The molecule has 3 nitrogen and oxygen atoms in total. The number of amides is 2. The molecule has 2 amide bonds. The highest BCUT2D eigenvalue weighted by molar-refractivity contribution is 7.99. The van der Waals surface area contributed by atoms with Crippen molar-refractivity contribution in [1.29, 1.82) is 0 Å². The molecule has 94 valence electrons. The van der Waals surface area contributed by atoms with Gasteiger partial charge in [0.25, 0.3) is 11.8 Å². The van der Waals surface area contributed by atoms with Crippen LogP contribution in [0.1, 0.15) is 19.8 Å². The third-order valence-electron chi connectivity index (χ3n) is 2.65.